The highest BCUT2D eigenvalue weighted by Crippen LogP contribution is 2.64. The Morgan fingerprint density at radius 3 is 2.39 bits per heavy atom. The smallest absolute Gasteiger partial charge is 0.390 e. The van der Waals surface area contributed by atoms with Gasteiger partial charge in [0.25, 0.3) is 10.6 Å². The van der Waals surface area contributed by atoms with Gasteiger partial charge >= 0.3 is 5.95 Å². The first-order chi connectivity index (χ1) is 17.3. The number of aromatic nitrogens is 3. The zero-order chi connectivity index (χ0) is 25.1. The van der Waals surface area contributed by atoms with Gasteiger partial charge in [0.15, 0.2) is 0 Å². The summed E-state index contributed by atoms with van der Waals surface area (Å²) in [5.74, 6) is 0.231. The van der Waals surface area contributed by atoms with Crippen molar-refractivity contribution in [2.24, 2.45) is 17.3 Å². The molecule has 36 heavy (non-hydrogen) atoms. The average molecular weight is 559 g/mol. The number of morpholine rings is 1. The van der Waals surface area contributed by atoms with Gasteiger partial charge < -0.3 is 25.1 Å². The van der Waals surface area contributed by atoms with E-state index in [1.165, 1.54) is 0 Å². The van der Waals surface area contributed by atoms with Gasteiger partial charge in [-0.15, -0.1) is 0 Å². The number of hydrogen-bond donors (Lipinski definition) is 1. The van der Waals surface area contributed by atoms with Crippen molar-refractivity contribution in [3.8, 4) is 0 Å². The predicted molar refractivity (Wildman–Crippen MR) is 131 cm³/mol. The first-order valence-electron chi connectivity index (χ1n) is 12.3. The molecule has 5 fully saturated rings. The van der Waals surface area contributed by atoms with E-state index < -0.39 is 21.8 Å². The van der Waals surface area contributed by atoms with Crippen LogP contribution in [0.3, 0.4) is 0 Å². The maximum atomic E-state index is 13.7. The summed E-state index contributed by atoms with van der Waals surface area (Å²) in [6.07, 6.45) is 4.94. The quantitative estimate of drug-likeness (QED) is 0.439. The van der Waals surface area contributed by atoms with Gasteiger partial charge in [-0.3, -0.25) is 9.59 Å². The van der Waals surface area contributed by atoms with Crippen LogP contribution in [0, 0.1) is 27.4 Å². The highest BCUT2D eigenvalue weighted by atomic mass is 79.9. The van der Waals surface area contributed by atoms with Crippen molar-refractivity contribution in [2.75, 3.05) is 31.6 Å². The van der Waals surface area contributed by atoms with E-state index in [0.29, 0.717) is 60.5 Å². The average Bonchev–Trinajstić information content (AvgIpc) is 3.27. The van der Waals surface area contributed by atoms with Crippen LogP contribution in [0.2, 0.25) is 0 Å². The summed E-state index contributed by atoms with van der Waals surface area (Å²) in [4.78, 5) is 42.9. The Labute approximate surface area is 215 Å². The molecule has 1 aliphatic heterocycles. The SMILES string of the molecule is O=C(c1ccc(NC(=O)C23CC4CC(C2)CC(n2nc([N+](=O)[O-])nc2Br)(C4)C3)cc1)N1CCOCC1. The van der Waals surface area contributed by atoms with E-state index in [1.807, 2.05) is 0 Å². The van der Waals surface area contributed by atoms with Crippen LogP contribution in [-0.4, -0.2) is 62.7 Å². The van der Waals surface area contributed by atoms with Crippen molar-refractivity contribution < 1.29 is 19.2 Å². The van der Waals surface area contributed by atoms with Crippen LogP contribution in [0.5, 0.6) is 0 Å². The maximum Gasteiger partial charge on any atom is 0.492 e. The maximum absolute atomic E-state index is 13.7. The lowest BCUT2D eigenvalue weighted by Gasteiger charge is -2.60. The Hall–Kier alpha value is -2.86. The number of anilines is 1. The Morgan fingerprint density at radius 1 is 1.11 bits per heavy atom. The lowest BCUT2D eigenvalue weighted by atomic mass is 9.46. The molecule has 2 atom stereocenters. The number of rotatable bonds is 5. The number of carbonyl (C=O) groups is 2. The minimum Gasteiger partial charge on any atom is -0.390 e. The third-order valence-corrected chi connectivity index (χ3v) is 8.88. The Bertz CT molecular complexity index is 1210. The van der Waals surface area contributed by atoms with Crippen LogP contribution in [0.1, 0.15) is 48.9 Å². The minimum atomic E-state index is -0.586. The van der Waals surface area contributed by atoms with E-state index in [-0.39, 0.29) is 11.8 Å². The standard InChI is InChI=1S/C24H27BrN6O5/c25-21-27-22(31(34)35)28-30(21)24-12-15-9-16(13-24)11-23(10-15,14-24)20(33)26-18-3-1-17(2-4-18)19(32)29-5-7-36-8-6-29/h1-4,15-16H,5-14H2,(H,26,33). The van der Waals surface area contributed by atoms with Crippen LogP contribution >= 0.6 is 15.9 Å². The molecule has 7 rings (SSSR count). The molecule has 11 nitrogen and oxygen atoms in total. The molecule has 1 aromatic carbocycles. The molecule has 4 bridgehead atoms. The molecular formula is C24H27BrN6O5. The molecule has 1 saturated heterocycles. The summed E-state index contributed by atoms with van der Waals surface area (Å²) >= 11 is 3.38. The van der Waals surface area contributed by atoms with E-state index in [2.05, 4.69) is 31.3 Å². The van der Waals surface area contributed by atoms with Gasteiger partial charge in [-0.25, -0.2) is 0 Å². The number of amides is 2. The fourth-order valence-electron chi connectivity index (χ4n) is 7.30. The molecule has 1 N–H and O–H groups in total. The molecule has 2 aromatic rings. The third kappa shape index (κ3) is 3.90. The van der Waals surface area contributed by atoms with Gasteiger partial charge in [-0.1, -0.05) is 0 Å². The van der Waals surface area contributed by atoms with E-state index in [1.54, 1.807) is 33.8 Å². The van der Waals surface area contributed by atoms with Crippen molar-refractivity contribution in [3.05, 3.63) is 44.7 Å². The summed E-state index contributed by atoms with van der Waals surface area (Å²) in [6, 6.07) is 7.05. The lowest BCUT2D eigenvalue weighted by Crippen LogP contribution is -2.60. The van der Waals surface area contributed by atoms with E-state index in [4.69, 9.17) is 4.74 Å². The van der Waals surface area contributed by atoms with Gasteiger partial charge in [0.2, 0.25) is 5.91 Å². The van der Waals surface area contributed by atoms with Gasteiger partial charge in [-0.05, 0) is 84.5 Å². The molecule has 4 aliphatic carbocycles. The van der Waals surface area contributed by atoms with Gasteiger partial charge in [0.05, 0.1) is 24.2 Å². The Balaban J connectivity index is 1.22. The second-order valence-corrected chi connectivity index (χ2v) is 11.5. The summed E-state index contributed by atoms with van der Waals surface area (Å²) in [6.45, 7) is 2.25. The normalized spacial score (nSPS) is 30.9. The topological polar surface area (TPSA) is 132 Å². The first kappa shape index (κ1) is 23.5. The van der Waals surface area contributed by atoms with E-state index in [9.17, 15) is 19.7 Å². The zero-order valence-corrected chi connectivity index (χ0v) is 21.3. The van der Waals surface area contributed by atoms with Crippen LogP contribution in [0.25, 0.3) is 0 Å². The van der Waals surface area contributed by atoms with Crippen molar-refractivity contribution in [1.82, 2.24) is 19.7 Å². The number of nitrogens with zero attached hydrogens (tertiary/aromatic N) is 5. The molecular weight excluding hydrogens is 532 g/mol. The fraction of sp³-hybridized carbons (Fsp3) is 0.583. The van der Waals surface area contributed by atoms with Crippen LogP contribution < -0.4 is 5.32 Å². The van der Waals surface area contributed by atoms with Crippen LogP contribution in [0.4, 0.5) is 11.6 Å². The molecule has 12 heteroatoms. The lowest BCUT2D eigenvalue weighted by molar-refractivity contribution is -0.394. The number of carbonyl (C=O) groups excluding carboxylic acids is 2. The van der Waals surface area contributed by atoms with Crippen molar-refractivity contribution >= 4 is 39.4 Å². The van der Waals surface area contributed by atoms with Crippen LogP contribution in [-0.2, 0) is 15.1 Å². The molecule has 2 heterocycles. The Kier molecular flexibility index (Phi) is 5.63. The number of halogens is 1. The largest absolute Gasteiger partial charge is 0.492 e. The summed E-state index contributed by atoms with van der Waals surface area (Å²) in [5.41, 5.74) is 0.213. The second-order valence-electron chi connectivity index (χ2n) is 10.8. The van der Waals surface area contributed by atoms with E-state index in [0.717, 1.165) is 32.1 Å². The van der Waals surface area contributed by atoms with Gasteiger partial charge in [-0.2, -0.15) is 4.68 Å². The van der Waals surface area contributed by atoms with Crippen molar-refractivity contribution in [2.45, 2.75) is 44.1 Å². The second kappa shape index (κ2) is 8.62. The molecule has 2 amide bonds. The monoisotopic (exact) mass is 558 g/mol. The highest BCUT2D eigenvalue weighted by molar-refractivity contribution is 9.10. The summed E-state index contributed by atoms with van der Waals surface area (Å²) in [5, 5.41) is 18.6. The van der Waals surface area contributed by atoms with Gasteiger partial charge in [0.1, 0.15) is 0 Å². The fourth-order valence-corrected chi connectivity index (χ4v) is 7.91. The molecule has 2 unspecified atom stereocenters. The molecule has 1 aromatic heterocycles. The number of nitro groups is 1. The van der Waals surface area contributed by atoms with Crippen molar-refractivity contribution in [1.29, 1.82) is 0 Å². The minimum absolute atomic E-state index is 0.0287. The molecule has 0 spiro atoms. The number of nitrogens with one attached hydrogen (secondary N) is 1. The molecule has 5 aliphatic rings. The molecule has 0 radical (unpaired) electrons. The summed E-state index contributed by atoms with van der Waals surface area (Å²) in [7, 11) is 0. The number of ether oxygens (including phenoxy) is 1. The molecule has 190 valence electrons. The highest BCUT2D eigenvalue weighted by Gasteiger charge is 2.63. The van der Waals surface area contributed by atoms with Crippen LogP contribution in [0.15, 0.2) is 29.0 Å². The molecule has 4 saturated carbocycles. The predicted octanol–water partition coefficient (Wildman–Crippen LogP) is 3.36. The van der Waals surface area contributed by atoms with E-state index >= 15 is 0 Å². The number of hydrogen-bond acceptors (Lipinski definition) is 7. The Morgan fingerprint density at radius 2 is 1.78 bits per heavy atom. The zero-order valence-electron chi connectivity index (χ0n) is 19.7. The van der Waals surface area contributed by atoms with Crippen molar-refractivity contribution in [3.63, 3.8) is 0 Å². The number of benzene rings is 1. The van der Waals surface area contributed by atoms with Gasteiger partial charge in [0, 0.05) is 45.4 Å². The summed E-state index contributed by atoms with van der Waals surface area (Å²) < 4.78 is 7.32. The third-order valence-electron chi connectivity index (χ3n) is 8.37. The first-order valence-corrected chi connectivity index (χ1v) is 13.1.